The van der Waals surface area contributed by atoms with E-state index in [1.165, 1.54) is 11.2 Å². The van der Waals surface area contributed by atoms with Gasteiger partial charge >= 0.3 is 0 Å². The fourth-order valence-corrected chi connectivity index (χ4v) is 1.58. The van der Waals surface area contributed by atoms with Crippen LogP contribution in [-0.2, 0) is 4.79 Å². The van der Waals surface area contributed by atoms with Crippen molar-refractivity contribution in [3.63, 3.8) is 0 Å². The lowest BCUT2D eigenvalue weighted by molar-refractivity contribution is -0.127. The van der Waals surface area contributed by atoms with Crippen LogP contribution in [0.4, 0.5) is 0 Å². The van der Waals surface area contributed by atoms with Gasteiger partial charge in [0.2, 0.25) is 5.91 Å². The van der Waals surface area contributed by atoms with Crippen molar-refractivity contribution in [2.75, 3.05) is 14.1 Å². The number of para-hydroxylation sites is 1. The maximum atomic E-state index is 11.9. The van der Waals surface area contributed by atoms with Gasteiger partial charge in [-0.2, -0.15) is 0 Å². The molecule has 0 radical (unpaired) electrons. The van der Waals surface area contributed by atoms with Gasteiger partial charge in [0.15, 0.2) is 5.78 Å². The molecule has 1 amide bonds. The number of benzene rings is 1. The molecule has 0 saturated heterocycles. The number of rotatable bonds is 3. The quantitative estimate of drug-likeness (QED) is 0.600. The zero-order valence-electron chi connectivity index (χ0n) is 9.77. The molecule has 0 saturated carbocycles. The average molecular weight is 231 g/mol. The zero-order valence-corrected chi connectivity index (χ0v) is 9.77. The van der Waals surface area contributed by atoms with Gasteiger partial charge < -0.3 is 9.32 Å². The van der Waals surface area contributed by atoms with Gasteiger partial charge in [-0.25, -0.2) is 0 Å². The number of fused-ring (bicyclic) bond motifs is 1. The highest BCUT2D eigenvalue weighted by molar-refractivity contribution is 6.13. The molecular weight excluding hydrogens is 218 g/mol. The molecule has 2 rings (SSSR count). The van der Waals surface area contributed by atoms with E-state index in [9.17, 15) is 9.59 Å². The molecule has 1 aromatic heterocycles. The summed E-state index contributed by atoms with van der Waals surface area (Å²) in [5.41, 5.74) is 1.13. The third-order valence-corrected chi connectivity index (χ3v) is 2.59. The van der Waals surface area contributed by atoms with Gasteiger partial charge in [-0.15, -0.1) is 0 Å². The molecule has 4 nitrogen and oxygen atoms in total. The number of hydrogen-bond donors (Lipinski definition) is 0. The third kappa shape index (κ3) is 2.20. The normalized spacial score (nSPS) is 10.5. The Balaban J connectivity index is 2.28. The van der Waals surface area contributed by atoms with Crippen LogP contribution in [0, 0.1) is 0 Å². The standard InChI is InChI=1S/C13H13NO3/c1-14(2)13(16)7-11(15)10-8-17-12-6-4-3-5-9(10)12/h3-6,8H,7H2,1-2H3. The van der Waals surface area contributed by atoms with Gasteiger partial charge in [0.05, 0.1) is 12.0 Å². The molecule has 0 aliphatic carbocycles. The van der Waals surface area contributed by atoms with E-state index >= 15 is 0 Å². The molecule has 17 heavy (non-hydrogen) atoms. The van der Waals surface area contributed by atoms with Crippen LogP contribution in [0.5, 0.6) is 0 Å². The maximum Gasteiger partial charge on any atom is 0.229 e. The number of hydrogen-bond acceptors (Lipinski definition) is 3. The van der Waals surface area contributed by atoms with Crippen LogP contribution in [0.1, 0.15) is 16.8 Å². The largest absolute Gasteiger partial charge is 0.464 e. The third-order valence-electron chi connectivity index (χ3n) is 2.59. The molecule has 0 spiro atoms. The molecule has 0 aliphatic rings. The first-order valence-corrected chi connectivity index (χ1v) is 5.29. The second-order valence-electron chi connectivity index (χ2n) is 4.03. The van der Waals surface area contributed by atoms with Crippen molar-refractivity contribution in [2.24, 2.45) is 0 Å². The van der Waals surface area contributed by atoms with Crippen molar-refractivity contribution in [3.8, 4) is 0 Å². The summed E-state index contributed by atoms with van der Waals surface area (Å²) in [5, 5.41) is 0.754. The first-order chi connectivity index (χ1) is 8.09. The number of carbonyl (C=O) groups is 2. The topological polar surface area (TPSA) is 50.5 Å². The number of furan rings is 1. The highest BCUT2D eigenvalue weighted by Gasteiger charge is 2.17. The van der Waals surface area contributed by atoms with E-state index in [4.69, 9.17) is 4.42 Å². The van der Waals surface area contributed by atoms with Gasteiger partial charge in [0.25, 0.3) is 0 Å². The molecule has 0 unspecified atom stereocenters. The summed E-state index contributed by atoms with van der Waals surface area (Å²) in [5.74, 6) is -0.422. The number of carbonyl (C=O) groups excluding carboxylic acids is 2. The molecule has 0 aliphatic heterocycles. The second kappa shape index (κ2) is 4.41. The molecule has 0 atom stereocenters. The van der Waals surface area contributed by atoms with Gasteiger partial charge in [-0.05, 0) is 6.07 Å². The molecule has 0 N–H and O–H groups in total. The highest BCUT2D eigenvalue weighted by Crippen LogP contribution is 2.21. The van der Waals surface area contributed by atoms with Crippen LogP contribution in [-0.4, -0.2) is 30.7 Å². The Morgan fingerprint density at radius 3 is 2.65 bits per heavy atom. The fourth-order valence-electron chi connectivity index (χ4n) is 1.58. The smallest absolute Gasteiger partial charge is 0.229 e. The molecule has 1 aromatic carbocycles. The summed E-state index contributed by atoms with van der Waals surface area (Å²) in [6, 6.07) is 7.28. The summed E-state index contributed by atoms with van der Waals surface area (Å²) in [6.45, 7) is 0. The lowest BCUT2D eigenvalue weighted by Crippen LogP contribution is -2.24. The van der Waals surface area contributed by atoms with E-state index in [1.807, 2.05) is 18.2 Å². The predicted molar refractivity (Wildman–Crippen MR) is 63.9 cm³/mol. The number of nitrogens with zero attached hydrogens (tertiary/aromatic N) is 1. The minimum absolute atomic E-state index is 0.128. The molecule has 4 heteroatoms. The number of ketones is 1. The van der Waals surface area contributed by atoms with E-state index in [2.05, 4.69) is 0 Å². The van der Waals surface area contributed by atoms with E-state index in [0.717, 1.165) is 5.39 Å². The lowest BCUT2D eigenvalue weighted by atomic mass is 10.1. The van der Waals surface area contributed by atoms with Crippen LogP contribution < -0.4 is 0 Å². The van der Waals surface area contributed by atoms with Crippen molar-refractivity contribution in [1.29, 1.82) is 0 Å². The van der Waals surface area contributed by atoms with Crippen LogP contribution in [0.25, 0.3) is 11.0 Å². The van der Waals surface area contributed by atoms with Crippen molar-refractivity contribution in [2.45, 2.75) is 6.42 Å². The SMILES string of the molecule is CN(C)C(=O)CC(=O)c1coc2ccccc12. The summed E-state index contributed by atoms with van der Waals surface area (Å²) in [4.78, 5) is 24.8. The van der Waals surface area contributed by atoms with E-state index in [1.54, 1.807) is 20.2 Å². The Kier molecular flexibility index (Phi) is 2.95. The molecule has 0 fully saturated rings. The van der Waals surface area contributed by atoms with E-state index < -0.39 is 0 Å². The monoisotopic (exact) mass is 231 g/mol. The Hall–Kier alpha value is -2.10. The molecule has 2 aromatic rings. The maximum absolute atomic E-state index is 11.9. The molecule has 0 bridgehead atoms. The fraction of sp³-hybridized carbons (Fsp3) is 0.231. The van der Waals surface area contributed by atoms with Gasteiger partial charge in [-0.1, -0.05) is 18.2 Å². The number of Topliss-reactive ketones (excluding diaryl/α,β-unsaturated/α-hetero) is 1. The van der Waals surface area contributed by atoms with Crippen LogP contribution in [0.15, 0.2) is 34.9 Å². The first kappa shape index (κ1) is 11.4. The van der Waals surface area contributed by atoms with Crippen molar-refractivity contribution < 1.29 is 14.0 Å². The van der Waals surface area contributed by atoms with E-state index in [0.29, 0.717) is 11.1 Å². The van der Waals surface area contributed by atoms with Gasteiger partial charge in [-0.3, -0.25) is 9.59 Å². The van der Waals surface area contributed by atoms with Crippen molar-refractivity contribution in [1.82, 2.24) is 4.90 Å². The van der Waals surface area contributed by atoms with Crippen LogP contribution >= 0.6 is 0 Å². The van der Waals surface area contributed by atoms with Crippen molar-refractivity contribution in [3.05, 3.63) is 36.1 Å². The summed E-state index contributed by atoms with van der Waals surface area (Å²) < 4.78 is 5.27. The van der Waals surface area contributed by atoms with E-state index in [-0.39, 0.29) is 18.1 Å². The molecule has 88 valence electrons. The minimum Gasteiger partial charge on any atom is -0.464 e. The van der Waals surface area contributed by atoms with Crippen LogP contribution in [0.2, 0.25) is 0 Å². The second-order valence-corrected chi connectivity index (χ2v) is 4.03. The Morgan fingerprint density at radius 1 is 1.24 bits per heavy atom. The highest BCUT2D eigenvalue weighted by atomic mass is 16.3. The summed E-state index contributed by atoms with van der Waals surface area (Å²) in [6.07, 6.45) is 1.28. The zero-order chi connectivity index (χ0) is 12.4. The Labute approximate surface area is 98.8 Å². The molecular formula is C13H13NO3. The van der Waals surface area contributed by atoms with Gasteiger partial charge in [0, 0.05) is 19.5 Å². The average Bonchev–Trinajstić information content (AvgIpc) is 2.72. The van der Waals surface area contributed by atoms with Crippen LogP contribution in [0.3, 0.4) is 0 Å². The summed E-state index contributed by atoms with van der Waals surface area (Å²) in [7, 11) is 3.26. The lowest BCUT2D eigenvalue weighted by Gasteiger charge is -2.08. The molecule has 1 heterocycles. The Bertz CT molecular complexity index is 569. The van der Waals surface area contributed by atoms with Gasteiger partial charge in [0.1, 0.15) is 11.8 Å². The Morgan fingerprint density at radius 2 is 1.94 bits per heavy atom. The number of amides is 1. The summed E-state index contributed by atoms with van der Waals surface area (Å²) >= 11 is 0. The van der Waals surface area contributed by atoms with Crippen molar-refractivity contribution >= 4 is 22.7 Å². The predicted octanol–water partition coefficient (Wildman–Crippen LogP) is 2.09. The minimum atomic E-state index is -0.214. The first-order valence-electron chi connectivity index (χ1n) is 5.29.